The summed E-state index contributed by atoms with van der Waals surface area (Å²) in [7, 11) is 0. The highest BCUT2D eigenvalue weighted by Gasteiger charge is 2.19. The fourth-order valence-electron chi connectivity index (χ4n) is 1.38. The van der Waals surface area contributed by atoms with Gasteiger partial charge in [0.1, 0.15) is 4.88 Å². The van der Waals surface area contributed by atoms with Crippen molar-refractivity contribution in [2.45, 2.75) is 32.6 Å². The molecule has 18 heavy (non-hydrogen) atoms. The van der Waals surface area contributed by atoms with Crippen molar-refractivity contribution >= 4 is 17.5 Å². The van der Waals surface area contributed by atoms with Crippen molar-refractivity contribution in [2.75, 3.05) is 0 Å². The maximum Gasteiger partial charge on any atom is 0.303 e. The topological polar surface area (TPSA) is 102 Å². The molecule has 0 saturated carbocycles. The predicted molar refractivity (Wildman–Crippen MR) is 63.2 cm³/mol. The fraction of sp³-hybridized carbons (Fsp3) is 0.500. The van der Waals surface area contributed by atoms with Crippen LogP contribution in [0.15, 0.2) is 4.42 Å². The van der Waals surface area contributed by atoms with Crippen molar-refractivity contribution in [3.63, 3.8) is 0 Å². The zero-order valence-corrected chi connectivity index (χ0v) is 10.8. The summed E-state index contributed by atoms with van der Waals surface area (Å²) in [6, 6.07) is 0. The summed E-state index contributed by atoms with van der Waals surface area (Å²) in [6.07, 6.45) is 0.200. The van der Waals surface area contributed by atoms with Gasteiger partial charge in [-0.15, -0.1) is 15.3 Å². The van der Waals surface area contributed by atoms with E-state index in [9.17, 15) is 4.79 Å². The number of hydrogen-bond donors (Lipinski definition) is 1. The zero-order valence-electron chi connectivity index (χ0n) is 9.95. The van der Waals surface area contributed by atoms with E-state index in [4.69, 9.17) is 9.52 Å². The minimum atomic E-state index is -0.892. The Morgan fingerprint density at radius 3 is 2.83 bits per heavy atom. The second kappa shape index (κ2) is 5.21. The van der Waals surface area contributed by atoms with E-state index >= 15 is 0 Å². The van der Waals surface area contributed by atoms with Crippen molar-refractivity contribution in [1.29, 1.82) is 0 Å². The van der Waals surface area contributed by atoms with Crippen LogP contribution in [-0.4, -0.2) is 30.9 Å². The molecule has 0 radical (unpaired) electrons. The zero-order chi connectivity index (χ0) is 13.1. The molecule has 0 aliphatic rings. The Kier molecular flexibility index (Phi) is 3.66. The number of carbonyl (C=O) groups is 1. The predicted octanol–water partition coefficient (Wildman–Crippen LogP) is 1.73. The third-order valence-electron chi connectivity index (χ3n) is 2.27. The average Bonchev–Trinajstić information content (AvgIpc) is 2.94. The smallest absolute Gasteiger partial charge is 0.303 e. The Bertz CT molecular complexity index is 549. The number of carboxylic acids is 1. The molecular weight excluding hydrogens is 256 g/mol. The highest BCUT2D eigenvalue weighted by molar-refractivity contribution is 7.09. The van der Waals surface area contributed by atoms with Gasteiger partial charge in [-0.3, -0.25) is 4.79 Å². The van der Waals surface area contributed by atoms with Crippen molar-refractivity contribution in [3.05, 3.63) is 11.6 Å². The first-order chi connectivity index (χ1) is 8.58. The van der Waals surface area contributed by atoms with Gasteiger partial charge in [0.05, 0.1) is 12.1 Å². The van der Waals surface area contributed by atoms with Crippen LogP contribution < -0.4 is 0 Å². The highest BCUT2D eigenvalue weighted by Crippen LogP contribution is 2.29. The van der Waals surface area contributed by atoms with E-state index in [1.807, 2.05) is 13.8 Å². The lowest BCUT2D eigenvalue weighted by atomic mass is 10.1. The average molecular weight is 268 g/mol. The van der Waals surface area contributed by atoms with Gasteiger partial charge in [0.15, 0.2) is 0 Å². The molecule has 1 N–H and O–H groups in total. The van der Waals surface area contributed by atoms with E-state index in [1.165, 1.54) is 11.5 Å². The summed E-state index contributed by atoms with van der Waals surface area (Å²) in [4.78, 5) is 11.2. The Hall–Kier alpha value is -1.83. The Morgan fingerprint density at radius 2 is 2.17 bits per heavy atom. The van der Waals surface area contributed by atoms with Gasteiger partial charge in [0.25, 0.3) is 5.89 Å². The summed E-state index contributed by atoms with van der Waals surface area (Å²) in [5, 5.41) is 20.3. The number of aromatic nitrogens is 4. The van der Waals surface area contributed by atoms with E-state index in [1.54, 1.807) is 0 Å². The van der Waals surface area contributed by atoms with Crippen molar-refractivity contribution < 1.29 is 14.3 Å². The van der Waals surface area contributed by atoms with Crippen LogP contribution in [-0.2, 0) is 11.2 Å². The molecule has 7 nitrogen and oxygen atoms in total. The largest absolute Gasteiger partial charge is 0.481 e. The third-order valence-corrected chi connectivity index (χ3v) is 3.00. The monoisotopic (exact) mass is 268 g/mol. The molecule has 0 aliphatic carbocycles. The van der Waals surface area contributed by atoms with Crippen molar-refractivity contribution in [2.24, 2.45) is 0 Å². The van der Waals surface area contributed by atoms with Crippen LogP contribution in [0.2, 0.25) is 0 Å². The number of nitrogens with zero attached hydrogens (tertiary/aromatic N) is 4. The molecular formula is C10H12N4O3S. The normalized spacial score (nSPS) is 11.1. The van der Waals surface area contributed by atoms with Gasteiger partial charge in [0.2, 0.25) is 5.89 Å². The summed E-state index contributed by atoms with van der Waals surface area (Å²) in [5.41, 5.74) is 0.813. The van der Waals surface area contributed by atoms with Crippen LogP contribution >= 0.6 is 11.5 Å². The number of hydrogen-bond acceptors (Lipinski definition) is 7. The molecule has 2 aromatic rings. The number of aliphatic carboxylic acids is 1. The molecule has 0 spiro atoms. The Balaban J connectivity index is 2.19. The quantitative estimate of drug-likeness (QED) is 0.880. The minimum absolute atomic E-state index is 0.0282. The molecule has 0 atom stereocenters. The van der Waals surface area contributed by atoms with Crippen molar-refractivity contribution in [3.8, 4) is 10.8 Å². The summed E-state index contributed by atoms with van der Waals surface area (Å²) >= 11 is 1.20. The van der Waals surface area contributed by atoms with E-state index in [0.29, 0.717) is 11.8 Å². The highest BCUT2D eigenvalue weighted by atomic mass is 32.1. The minimum Gasteiger partial charge on any atom is -0.481 e. The first kappa shape index (κ1) is 12.6. The molecule has 0 aromatic carbocycles. The summed E-state index contributed by atoms with van der Waals surface area (Å²) in [6.45, 7) is 4.00. The molecule has 0 unspecified atom stereocenters. The molecule has 2 aromatic heterocycles. The molecule has 2 rings (SSSR count). The molecule has 0 fully saturated rings. The van der Waals surface area contributed by atoms with Gasteiger partial charge >= 0.3 is 5.97 Å². The second-order valence-electron chi connectivity index (χ2n) is 4.04. The maximum absolute atomic E-state index is 10.4. The van der Waals surface area contributed by atoms with Gasteiger partial charge < -0.3 is 9.52 Å². The number of carboxylic acid groups (broad SMARTS) is 1. The van der Waals surface area contributed by atoms with Crippen LogP contribution in [0, 0.1) is 0 Å². The van der Waals surface area contributed by atoms with E-state index < -0.39 is 5.97 Å². The standard InChI is InChI=1S/C10H12N4O3S/c1-5(2)8-9(18-14-12-8)10-13-11-6(17-10)3-4-7(15)16/h5H,3-4H2,1-2H3,(H,15,16). The molecule has 2 heterocycles. The van der Waals surface area contributed by atoms with E-state index in [-0.39, 0.29) is 18.8 Å². The summed E-state index contributed by atoms with van der Waals surface area (Å²) < 4.78 is 9.29. The SMILES string of the molecule is CC(C)c1nnsc1-c1nnc(CCC(=O)O)o1. The van der Waals surface area contributed by atoms with Gasteiger partial charge in [-0.1, -0.05) is 18.3 Å². The van der Waals surface area contributed by atoms with Gasteiger partial charge in [-0.25, -0.2) is 0 Å². The molecule has 96 valence electrons. The molecule has 0 aliphatic heterocycles. The van der Waals surface area contributed by atoms with E-state index in [0.717, 1.165) is 10.6 Å². The maximum atomic E-state index is 10.4. The first-order valence-electron chi connectivity index (χ1n) is 5.44. The first-order valence-corrected chi connectivity index (χ1v) is 6.22. The Morgan fingerprint density at radius 1 is 1.39 bits per heavy atom. The summed E-state index contributed by atoms with van der Waals surface area (Å²) in [5.74, 6) is -0.00482. The lowest BCUT2D eigenvalue weighted by Gasteiger charge is -1.99. The van der Waals surface area contributed by atoms with Crippen LogP contribution in [0.25, 0.3) is 10.8 Å². The van der Waals surface area contributed by atoms with Crippen LogP contribution in [0.4, 0.5) is 0 Å². The van der Waals surface area contributed by atoms with E-state index in [2.05, 4.69) is 19.8 Å². The number of aryl methyl sites for hydroxylation is 1. The fourth-order valence-corrected chi connectivity index (χ4v) is 2.12. The van der Waals surface area contributed by atoms with Crippen LogP contribution in [0.1, 0.15) is 37.8 Å². The third kappa shape index (κ3) is 2.70. The molecule has 0 saturated heterocycles. The Labute approximate surface area is 107 Å². The van der Waals surface area contributed by atoms with Crippen LogP contribution in [0.5, 0.6) is 0 Å². The van der Waals surface area contributed by atoms with Crippen LogP contribution in [0.3, 0.4) is 0 Å². The molecule has 0 amide bonds. The molecule has 8 heteroatoms. The lowest BCUT2D eigenvalue weighted by Crippen LogP contribution is -1.97. The second-order valence-corrected chi connectivity index (χ2v) is 4.79. The van der Waals surface area contributed by atoms with Gasteiger partial charge in [-0.05, 0) is 17.5 Å². The number of rotatable bonds is 5. The van der Waals surface area contributed by atoms with Gasteiger partial charge in [-0.2, -0.15) is 0 Å². The van der Waals surface area contributed by atoms with Gasteiger partial charge in [0, 0.05) is 6.42 Å². The molecule has 0 bridgehead atoms. The lowest BCUT2D eigenvalue weighted by molar-refractivity contribution is -0.137. The van der Waals surface area contributed by atoms with Crippen molar-refractivity contribution in [1.82, 2.24) is 19.8 Å².